The first-order valence-electron chi connectivity index (χ1n) is 4.74. The Kier molecular flexibility index (Phi) is 2.99. The third-order valence-corrected chi connectivity index (χ3v) is 1.95. The summed E-state index contributed by atoms with van der Waals surface area (Å²) in [4.78, 5) is 10.8. The lowest BCUT2D eigenvalue weighted by atomic mass is 10.2. The lowest BCUT2D eigenvalue weighted by Crippen LogP contribution is -2.07. The Balaban J connectivity index is 2.34. The van der Waals surface area contributed by atoms with Crippen molar-refractivity contribution in [1.29, 1.82) is 0 Å². The van der Waals surface area contributed by atoms with E-state index >= 15 is 0 Å². The number of rotatable bonds is 2. The van der Waals surface area contributed by atoms with E-state index in [4.69, 9.17) is 0 Å². The monoisotopic (exact) mass is 233 g/mol. The van der Waals surface area contributed by atoms with E-state index in [1.54, 1.807) is 6.07 Å². The van der Waals surface area contributed by atoms with E-state index < -0.39 is 5.82 Å². The number of amides is 1. The van der Waals surface area contributed by atoms with Gasteiger partial charge in [0.15, 0.2) is 6.33 Å². The Labute approximate surface area is 95.9 Å². The molecule has 0 saturated carbocycles. The van der Waals surface area contributed by atoms with E-state index in [0.29, 0.717) is 5.56 Å². The van der Waals surface area contributed by atoms with Gasteiger partial charge in [-0.1, -0.05) is 0 Å². The Morgan fingerprint density at radius 1 is 1.29 bits per heavy atom. The van der Waals surface area contributed by atoms with Crippen LogP contribution in [0.4, 0.5) is 10.1 Å². The van der Waals surface area contributed by atoms with E-state index in [1.807, 2.05) is 0 Å². The van der Waals surface area contributed by atoms with Crippen LogP contribution in [-0.4, -0.2) is 26.3 Å². The van der Waals surface area contributed by atoms with Crippen LogP contribution in [0.25, 0.3) is 11.4 Å². The molecule has 0 bridgehead atoms. The SMILES string of the molecule is CC(=O)Nc1ccc(-c2nncnn2)cc1F. The summed E-state index contributed by atoms with van der Waals surface area (Å²) in [5.41, 5.74) is 0.551. The van der Waals surface area contributed by atoms with Gasteiger partial charge < -0.3 is 5.32 Å². The fraction of sp³-hybridized carbons (Fsp3) is 0.100. The van der Waals surface area contributed by atoms with Crippen LogP contribution in [0.15, 0.2) is 24.5 Å². The van der Waals surface area contributed by atoms with Crippen LogP contribution in [0.1, 0.15) is 6.92 Å². The molecule has 0 aliphatic rings. The molecule has 1 aromatic heterocycles. The molecule has 0 radical (unpaired) electrons. The molecule has 2 rings (SSSR count). The predicted octanol–water partition coefficient (Wildman–Crippen LogP) is 1.03. The molecule has 17 heavy (non-hydrogen) atoms. The Bertz CT molecular complexity index is 546. The maximum atomic E-state index is 13.6. The smallest absolute Gasteiger partial charge is 0.221 e. The van der Waals surface area contributed by atoms with Gasteiger partial charge in [-0.3, -0.25) is 4.79 Å². The molecule has 0 unspecified atom stereocenters. The van der Waals surface area contributed by atoms with Gasteiger partial charge in [-0.05, 0) is 18.2 Å². The highest BCUT2D eigenvalue weighted by Crippen LogP contribution is 2.20. The molecule has 0 aliphatic heterocycles. The molecule has 1 heterocycles. The summed E-state index contributed by atoms with van der Waals surface area (Å²) in [5, 5.41) is 16.9. The van der Waals surface area contributed by atoms with Crippen molar-refractivity contribution in [3.63, 3.8) is 0 Å². The number of benzene rings is 1. The number of carbonyl (C=O) groups is 1. The number of hydrogen-bond donors (Lipinski definition) is 1. The highest BCUT2D eigenvalue weighted by Gasteiger charge is 2.08. The first-order valence-corrected chi connectivity index (χ1v) is 4.74. The second-order valence-corrected chi connectivity index (χ2v) is 3.25. The molecule has 0 spiro atoms. The number of nitrogens with one attached hydrogen (secondary N) is 1. The predicted molar refractivity (Wildman–Crippen MR) is 57.3 cm³/mol. The average Bonchev–Trinajstić information content (AvgIpc) is 2.32. The van der Waals surface area contributed by atoms with Crippen LogP contribution in [0.2, 0.25) is 0 Å². The largest absolute Gasteiger partial charge is 0.324 e. The second-order valence-electron chi connectivity index (χ2n) is 3.25. The van der Waals surface area contributed by atoms with Gasteiger partial charge in [-0.15, -0.1) is 20.4 Å². The van der Waals surface area contributed by atoms with Crippen molar-refractivity contribution in [3.05, 3.63) is 30.3 Å². The number of nitrogens with zero attached hydrogens (tertiary/aromatic N) is 4. The maximum absolute atomic E-state index is 13.6. The highest BCUT2D eigenvalue weighted by molar-refractivity contribution is 5.89. The fourth-order valence-corrected chi connectivity index (χ4v) is 1.26. The van der Waals surface area contributed by atoms with Gasteiger partial charge in [-0.25, -0.2) is 4.39 Å². The number of hydrogen-bond acceptors (Lipinski definition) is 5. The minimum absolute atomic E-state index is 0.109. The van der Waals surface area contributed by atoms with Crippen molar-refractivity contribution < 1.29 is 9.18 Å². The summed E-state index contributed by atoms with van der Waals surface area (Å²) in [7, 11) is 0. The Morgan fingerprint density at radius 2 is 2.00 bits per heavy atom. The quantitative estimate of drug-likeness (QED) is 0.837. The van der Waals surface area contributed by atoms with Crippen molar-refractivity contribution >= 4 is 11.6 Å². The van der Waals surface area contributed by atoms with Gasteiger partial charge in [0, 0.05) is 12.5 Å². The number of anilines is 1. The topological polar surface area (TPSA) is 80.7 Å². The molecule has 0 atom stereocenters. The minimum atomic E-state index is -0.565. The Hall–Kier alpha value is -2.44. The maximum Gasteiger partial charge on any atom is 0.221 e. The normalized spacial score (nSPS) is 10.0. The molecule has 0 aliphatic carbocycles. The van der Waals surface area contributed by atoms with Crippen molar-refractivity contribution in [2.45, 2.75) is 6.92 Å². The summed E-state index contributed by atoms with van der Waals surface area (Å²) >= 11 is 0. The van der Waals surface area contributed by atoms with E-state index in [2.05, 4.69) is 25.7 Å². The van der Waals surface area contributed by atoms with Crippen LogP contribution in [0.5, 0.6) is 0 Å². The molecule has 7 heteroatoms. The molecule has 0 saturated heterocycles. The first-order chi connectivity index (χ1) is 8.16. The molecule has 1 aromatic carbocycles. The van der Waals surface area contributed by atoms with Gasteiger partial charge >= 0.3 is 0 Å². The molecular formula is C10H8FN5O. The van der Waals surface area contributed by atoms with Crippen LogP contribution < -0.4 is 5.32 Å². The van der Waals surface area contributed by atoms with E-state index in [9.17, 15) is 9.18 Å². The molecule has 0 fully saturated rings. The molecule has 1 N–H and O–H groups in total. The first kappa shape index (κ1) is 11.1. The fourth-order valence-electron chi connectivity index (χ4n) is 1.26. The van der Waals surface area contributed by atoms with Crippen molar-refractivity contribution in [2.24, 2.45) is 0 Å². The molecule has 2 aromatic rings. The van der Waals surface area contributed by atoms with Crippen LogP contribution in [0.3, 0.4) is 0 Å². The molecule has 86 valence electrons. The summed E-state index contributed by atoms with van der Waals surface area (Å²) in [6, 6.07) is 4.22. The van der Waals surface area contributed by atoms with Gasteiger partial charge in [0.05, 0.1) is 5.69 Å². The summed E-state index contributed by atoms with van der Waals surface area (Å²) in [5.74, 6) is -0.679. The van der Waals surface area contributed by atoms with Gasteiger partial charge in [0.1, 0.15) is 5.82 Å². The number of carbonyl (C=O) groups excluding carboxylic acids is 1. The molecule has 1 amide bonds. The standard InChI is InChI=1S/C10H8FN5O/c1-6(17)14-9-3-2-7(4-8(9)11)10-15-12-5-13-16-10/h2-5H,1H3,(H,14,17). The molecular weight excluding hydrogens is 225 g/mol. The van der Waals surface area contributed by atoms with Crippen molar-refractivity contribution in [3.8, 4) is 11.4 Å². The van der Waals surface area contributed by atoms with Gasteiger partial charge in [-0.2, -0.15) is 0 Å². The molecule has 6 nitrogen and oxygen atoms in total. The van der Waals surface area contributed by atoms with Crippen LogP contribution >= 0.6 is 0 Å². The zero-order chi connectivity index (χ0) is 12.3. The number of halogens is 1. The van der Waals surface area contributed by atoms with Gasteiger partial charge in [0.25, 0.3) is 0 Å². The van der Waals surface area contributed by atoms with E-state index in [-0.39, 0.29) is 17.4 Å². The summed E-state index contributed by atoms with van der Waals surface area (Å²) < 4.78 is 13.6. The van der Waals surface area contributed by atoms with Crippen LogP contribution in [-0.2, 0) is 4.79 Å². The van der Waals surface area contributed by atoms with Crippen molar-refractivity contribution in [1.82, 2.24) is 20.4 Å². The summed E-state index contributed by atoms with van der Waals surface area (Å²) in [6.45, 7) is 1.31. The zero-order valence-corrected chi connectivity index (χ0v) is 8.88. The second kappa shape index (κ2) is 4.60. The third-order valence-electron chi connectivity index (χ3n) is 1.95. The summed E-state index contributed by atoms with van der Waals surface area (Å²) in [6.07, 6.45) is 1.19. The number of aromatic nitrogens is 4. The lowest BCUT2D eigenvalue weighted by Gasteiger charge is -2.04. The van der Waals surface area contributed by atoms with Crippen molar-refractivity contribution in [2.75, 3.05) is 5.32 Å². The van der Waals surface area contributed by atoms with E-state index in [0.717, 1.165) is 0 Å². The minimum Gasteiger partial charge on any atom is -0.324 e. The van der Waals surface area contributed by atoms with Gasteiger partial charge in [0.2, 0.25) is 11.7 Å². The Morgan fingerprint density at radius 3 is 2.59 bits per heavy atom. The third kappa shape index (κ3) is 2.57. The zero-order valence-electron chi connectivity index (χ0n) is 8.88. The lowest BCUT2D eigenvalue weighted by molar-refractivity contribution is -0.114. The highest BCUT2D eigenvalue weighted by atomic mass is 19.1. The van der Waals surface area contributed by atoms with E-state index in [1.165, 1.54) is 25.4 Å². The average molecular weight is 233 g/mol. The van der Waals surface area contributed by atoms with Crippen LogP contribution in [0, 0.1) is 5.82 Å².